The summed E-state index contributed by atoms with van der Waals surface area (Å²) in [5.41, 5.74) is 8.85. The van der Waals surface area contributed by atoms with Gasteiger partial charge in [-0.15, -0.1) is 0 Å². The smallest absolute Gasteiger partial charge is 0.306 e. The van der Waals surface area contributed by atoms with Crippen LogP contribution in [0.2, 0.25) is 0 Å². The average Bonchev–Trinajstić information content (AvgIpc) is 4.25. The van der Waals surface area contributed by atoms with Gasteiger partial charge in [0.15, 0.2) is 6.29 Å². The summed E-state index contributed by atoms with van der Waals surface area (Å²) in [5, 5.41) is 42.4. The number of carbonyl (C=O) groups is 3. The Bertz CT molecular complexity index is 1720. The minimum atomic E-state index is -1.10. The van der Waals surface area contributed by atoms with Crippen molar-refractivity contribution in [3.8, 4) is 0 Å². The number of aliphatic hydroxyl groups excluding tert-OH is 1. The molecule has 2 aromatic heterocycles. The Labute approximate surface area is 466 Å². The van der Waals surface area contributed by atoms with E-state index in [1.807, 2.05) is 13.8 Å². The van der Waals surface area contributed by atoms with Gasteiger partial charge in [-0.3, -0.25) is 34.4 Å². The molecule has 424 valence electrons. The van der Waals surface area contributed by atoms with Crippen molar-refractivity contribution >= 4 is 40.8 Å². The number of aliphatic carboxylic acids is 3. The Morgan fingerprint density at radius 1 is 0.446 bits per heavy atom. The summed E-state index contributed by atoms with van der Waals surface area (Å²) in [6.07, 6.45) is 27.5. The SMILES string of the molecule is CCCCC(CC)C(=O)O.CCCCC(CC)C(=O)O.CCCCCCCC(=O)O.CCCCCCCC(O)O.[Co].[Co].c1cc(C2=NCCC2)nc(C2=NCCC2)c1.c1cc(C2=NCCC2)nc(C2=NCCC2)c1. The Morgan fingerprint density at radius 2 is 0.757 bits per heavy atom. The molecule has 4 aliphatic rings. The predicted molar refractivity (Wildman–Crippen MR) is 296 cm³/mol. The summed E-state index contributed by atoms with van der Waals surface area (Å²) in [4.78, 5) is 58.2. The molecular weight excluding hydrogens is 1030 g/mol. The Balaban J connectivity index is 0. The van der Waals surface area contributed by atoms with Gasteiger partial charge in [-0.1, -0.05) is 131 Å². The van der Waals surface area contributed by atoms with Crippen molar-refractivity contribution in [2.45, 2.75) is 228 Å². The number of rotatable bonds is 26. The molecule has 0 saturated heterocycles. The fourth-order valence-electron chi connectivity index (χ4n) is 8.22. The number of hydrogen-bond donors (Lipinski definition) is 5. The largest absolute Gasteiger partial charge is 0.481 e. The van der Waals surface area contributed by atoms with Gasteiger partial charge in [0, 0.05) is 66.2 Å². The van der Waals surface area contributed by atoms with E-state index >= 15 is 0 Å². The third-order valence-electron chi connectivity index (χ3n) is 12.7. The first-order valence-corrected chi connectivity index (χ1v) is 28.0. The number of hydrogen-bond acceptors (Lipinski definition) is 11. The Kier molecular flexibility index (Phi) is 46.7. The van der Waals surface area contributed by atoms with Gasteiger partial charge in [0.05, 0.1) is 57.5 Å². The van der Waals surface area contributed by atoms with Crippen LogP contribution in [0.15, 0.2) is 56.4 Å². The molecule has 0 saturated carbocycles. The summed E-state index contributed by atoms with van der Waals surface area (Å²) in [6.45, 7) is 16.2. The van der Waals surface area contributed by atoms with E-state index in [-0.39, 0.29) is 45.4 Å². The number of aliphatic hydroxyl groups is 2. The van der Waals surface area contributed by atoms with Gasteiger partial charge in [0.25, 0.3) is 0 Å². The molecule has 2 unspecified atom stereocenters. The monoisotopic (exact) mass is 1120 g/mol. The van der Waals surface area contributed by atoms with Gasteiger partial charge < -0.3 is 25.5 Å². The topological polar surface area (TPSA) is 228 Å². The van der Waals surface area contributed by atoms with Crippen LogP contribution in [-0.2, 0) is 47.9 Å². The van der Waals surface area contributed by atoms with Crippen molar-refractivity contribution in [1.82, 2.24) is 9.97 Å². The summed E-state index contributed by atoms with van der Waals surface area (Å²) in [7, 11) is 0. The molecule has 0 spiro atoms. The van der Waals surface area contributed by atoms with E-state index in [4.69, 9.17) is 25.5 Å². The first kappa shape index (κ1) is 72.4. The molecule has 2 aromatic rings. The first-order chi connectivity index (χ1) is 34.8. The number of pyridine rings is 2. The molecule has 6 heterocycles. The molecular formula is C58H96Co2N6O8. The van der Waals surface area contributed by atoms with E-state index in [1.165, 1.54) is 87.1 Å². The van der Waals surface area contributed by atoms with Crippen molar-refractivity contribution in [2.75, 3.05) is 26.2 Å². The van der Waals surface area contributed by atoms with Crippen molar-refractivity contribution < 1.29 is 73.5 Å². The molecule has 4 aliphatic heterocycles. The number of carboxylic acids is 3. The number of carboxylic acid groups (broad SMARTS) is 3. The molecule has 0 fully saturated rings. The molecule has 2 radical (unpaired) electrons. The van der Waals surface area contributed by atoms with E-state index in [1.54, 1.807) is 0 Å². The molecule has 2 atom stereocenters. The quantitative estimate of drug-likeness (QED) is 0.0442. The van der Waals surface area contributed by atoms with Gasteiger partial charge in [-0.05, 0) is 121 Å². The zero-order valence-corrected chi connectivity index (χ0v) is 48.2. The van der Waals surface area contributed by atoms with Gasteiger partial charge in [0.2, 0.25) is 0 Å². The maximum atomic E-state index is 10.4. The maximum Gasteiger partial charge on any atom is 0.306 e. The maximum absolute atomic E-state index is 10.4. The van der Waals surface area contributed by atoms with Crippen molar-refractivity contribution in [2.24, 2.45) is 31.8 Å². The van der Waals surface area contributed by atoms with E-state index in [0.717, 1.165) is 152 Å². The van der Waals surface area contributed by atoms with Crippen LogP contribution in [0.3, 0.4) is 0 Å². The van der Waals surface area contributed by atoms with Gasteiger partial charge >= 0.3 is 17.9 Å². The zero-order chi connectivity index (χ0) is 53.2. The van der Waals surface area contributed by atoms with Crippen molar-refractivity contribution in [3.63, 3.8) is 0 Å². The van der Waals surface area contributed by atoms with Crippen LogP contribution in [0.25, 0.3) is 0 Å². The third kappa shape index (κ3) is 34.8. The number of aromatic nitrogens is 2. The molecule has 6 rings (SSSR count). The summed E-state index contributed by atoms with van der Waals surface area (Å²) < 4.78 is 0. The normalized spacial score (nSPS) is 14.8. The molecule has 16 heteroatoms. The van der Waals surface area contributed by atoms with Gasteiger partial charge in [-0.2, -0.15) is 0 Å². The molecule has 0 bridgehead atoms. The van der Waals surface area contributed by atoms with Crippen LogP contribution in [0.4, 0.5) is 0 Å². The minimum absolute atomic E-state index is 0. The number of nitrogens with zero attached hydrogens (tertiary/aromatic N) is 6. The second kappa shape index (κ2) is 47.7. The van der Waals surface area contributed by atoms with Gasteiger partial charge in [0.1, 0.15) is 0 Å². The van der Waals surface area contributed by atoms with E-state index < -0.39 is 24.2 Å². The Morgan fingerprint density at radius 3 is 1.00 bits per heavy atom. The summed E-state index contributed by atoms with van der Waals surface area (Å²) in [5.74, 6) is -2.18. The molecule has 0 aliphatic carbocycles. The van der Waals surface area contributed by atoms with Crippen LogP contribution in [0.5, 0.6) is 0 Å². The first-order valence-electron chi connectivity index (χ1n) is 28.0. The van der Waals surface area contributed by atoms with Crippen LogP contribution in [0, 0.1) is 11.8 Å². The van der Waals surface area contributed by atoms with Crippen LogP contribution in [-0.4, -0.2) is 109 Å². The fraction of sp³-hybridized carbons (Fsp3) is 0.707. The second-order valence-electron chi connectivity index (χ2n) is 19.0. The number of aliphatic imine (C=N–C) groups is 4. The van der Waals surface area contributed by atoms with Crippen molar-refractivity contribution in [3.05, 3.63) is 59.2 Å². The summed E-state index contributed by atoms with van der Waals surface area (Å²) >= 11 is 0. The molecule has 14 nitrogen and oxygen atoms in total. The predicted octanol–water partition coefficient (Wildman–Crippen LogP) is 13.2. The van der Waals surface area contributed by atoms with Gasteiger partial charge in [-0.25, -0.2) is 9.97 Å². The van der Waals surface area contributed by atoms with Crippen LogP contribution < -0.4 is 0 Å². The fourth-order valence-corrected chi connectivity index (χ4v) is 8.22. The minimum Gasteiger partial charge on any atom is -0.481 e. The third-order valence-corrected chi connectivity index (χ3v) is 12.7. The van der Waals surface area contributed by atoms with Crippen molar-refractivity contribution in [1.29, 1.82) is 0 Å². The van der Waals surface area contributed by atoms with E-state index in [9.17, 15) is 14.4 Å². The zero-order valence-electron chi connectivity index (χ0n) is 46.1. The van der Waals surface area contributed by atoms with Crippen LogP contribution in [0.1, 0.15) is 244 Å². The standard InChI is InChI=1S/2C13H15N3.2C8H16O2.C8H18O2.C8H16O2.2Co/c2*1-4-12(10-6-2-8-14-10)16-13(5-1)11-7-3-9-15-11;2*1-3-5-6-7(4-2)8(9)10;2*1-2-3-4-5-6-7-8(9)10;;/h2*1,4-5H,2-3,6-9H2;2*7H,3-6H2,1-2H3,(H,9,10);8-10H,2-7H2,1H3;2-7H2,1H3,(H,9,10);;. The molecule has 0 aromatic carbocycles. The summed E-state index contributed by atoms with van der Waals surface area (Å²) in [6, 6.07) is 12.4. The van der Waals surface area contributed by atoms with E-state index in [0.29, 0.717) is 12.8 Å². The molecule has 5 N–H and O–H groups in total. The van der Waals surface area contributed by atoms with E-state index in [2.05, 4.69) is 94.0 Å². The second-order valence-corrected chi connectivity index (χ2v) is 19.0. The Hall–Kier alpha value is -3.68. The molecule has 0 amide bonds. The average molecular weight is 1120 g/mol. The molecule has 74 heavy (non-hydrogen) atoms. The van der Waals surface area contributed by atoms with Crippen LogP contribution >= 0.6 is 0 Å². The number of unbranched alkanes of at least 4 members (excludes halogenated alkanes) is 10.